The van der Waals surface area contributed by atoms with Crippen molar-refractivity contribution in [2.24, 2.45) is 45.3 Å². The Hall–Kier alpha value is -0.610. The summed E-state index contributed by atoms with van der Waals surface area (Å²) in [5, 5.41) is 10.9. The minimum absolute atomic E-state index is 0. The number of nitrogens with zero attached hydrogens (tertiary/aromatic N) is 1. The number of carbonyl (C=O) groups excluding carboxylic acids is 1. The number of aliphatic hydroxyl groups is 1. The lowest BCUT2D eigenvalue weighted by molar-refractivity contribution is -0.139. The molecule has 1 amide bonds. The smallest absolute Gasteiger partial charge is 0.222 e. The van der Waals surface area contributed by atoms with Gasteiger partial charge in [-0.3, -0.25) is 4.79 Å². The van der Waals surface area contributed by atoms with E-state index in [2.05, 4.69) is 27.7 Å². The third kappa shape index (κ3) is 3.33. The highest BCUT2D eigenvalue weighted by Crippen LogP contribution is 2.87. The van der Waals surface area contributed by atoms with E-state index in [-0.39, 0.29) is 25.0 Å². The van der Waals surface area contributed by atoms with Crippen molar-refractivity contribution in [2.45, 2.75) is 129 Å². The fourth-order valence-corrected chi connectivity index (χ4v) is 11.4. The molecule has 8 unspecified atom stereocenters. The van der Waals surface area contributed by atoms with Crippen LogP contribution < -0.4 is 0 Å². The van der Waals surface area contributed by atoms with Crippen molar-refractivity contribution >= 4 is 5.91 Å². The minimum Gasteiger partial charge on any atom is -0.393 e. The van der Waals surface area contributed by atoms with Gasteiger partial charge in [0.2, 0.25) is 5.91 Å². The second kappa shape index (κ2) is 8.19. The van der Waals surface area contributed by atoms with Crippen LogP contribution in [0.4, 0.5) is 0 Å². The number of aliphatic hydroxyl groups excluding tert-OH is 1. The molecule has 5 aliphatic carbocycles. The number of hydrogen-bond donors (Lipinski definition) is 1. The first kappa shape index (κ1) is 24.7. The minimum atomic E-state index is -0.118. The SMILES string of the molecule is CCCCC(=O)N(C)CC1CCC2C(CC3C4CCC5C(C)(C)[C@@H](O)CC[C@@]56CC46CCC23C)O1.[HH]. The molecule has 2 spiro atoms. The number of unbranched alkanes of at least 4 members (excludes halogenated alkanes) is 1. The van der Waals surface area contributed by atoms with Crippen LogP contribution in [0.5, 0.6) is 0 Å². The zero-order valence-corrected chi connectivity index (χ0v) is 23.2. The van der Waals surface area contributed by atoms with E-state index in [1.54, 1.807) is 0 Å². The number of hydrogen-bond acceptors (Lipinski definition) is 3. The maximum Gasteiger partial charge on any atom is 0.222 e. The predicted octanol–water partition coefficient (Wildman–Crippen LogP) is 6.45. The molecule has 35 heavy (non-hydrogen) atoms. The Morgan fingerprint density at radius 3 is 2.54 bits per heavy atom. The van der Waals surface area contributed by atoms with Gasteiger partial charge in [-0.15, -0.1) is 0 Å². The van der Waals surface area contributed by atoms with E-state index in [9.17, 15) is 9.90 Å². The first-order valence-corrected chi connectivity index (χ1v) is 15.2. The second-order valence-corrected chi connectivity index (χ2v) is 14.8. The second-order valence-electron chi connectivity index (χ2n) is 14.8. The van der Waals surface area contributed by atoms with Gasteiger partial charge in [0.05, 0.1) is 18.3 Å². The van der Waals surface area contributed by atoms with Crippen molar-refractivity contribution in [3.05, 3.63) is 0 Å². The maximum atomic E-state index is 12.5. The lowest BCUT2D eigenvalue weighted by Crippen LogP contribution is -2.54. The Bertz CT molecular complexity index is 863. The molecule has 0 aromatic rings. The summed E-state index contributed by atoms with van der Waals surface area (Å²) < 4.78 is 6.84. The molecule has 0 aromatic heterocycles. The maximum absolute atomic E-state index is 12.5. The summed E-state index contributed by atoms with van der Waals surface area (Å²) in [6, 6.07) is 0. The number of rotatable bonds is 5. The summed E-state index contributed by atoms with van der Waals surface area (Å²) in [5.74, 6) is 3.38. The Balaban J connectivity index is 0.00000267. The van der Waals surface area contributed by atoms with Crippen LogP contribution in [0.25, 0.3) is 0 Å². The van der Waals surface area contributed by atoms with Crippen molar-refractivity contribution in [3.63, 3.8) is 0 Å². The number of likely N-dealkylation sites (N-methyl/N-ethyl adjacent to an activating group) is 1. The van der Waals surface area contributed by atoms with E-state index in [1.807, 2.05) is 11.9 Å². The van der Waals surface area contributed by atoms with Crippen molar-refractivity contribution < 1.29 is 16.1 Å². The van der Waals surface area contributed by atoms with Gasteiger partial charge in [0.1, 0.15) is 0 Å². The highest BCUT2D eigenvalue weighted by Gasteiger charge is 2.80. The number of fused-ring (bicyclic) bond motifs is 4. The fraction of sp³-hybridized carbons (Fsp3) is 0.968. The molecule has 4 nitrogen and oxygen atoms in total. The molecule has 1 saturated heterocycles. The average molecular weight is 488 g/mol. The van der Waals surface area contributed by atoms with Gasteiger partial charge in [0, 0.05) is 21.4 Å². The van der Waals surface area contributed by atoms with Crippen LogP contribution in [0, 0.1) is 45.3 Å². The monoisotopic (exact) mass is 487 g/mol. The molecule has 6 aliphatic rings. The molecule has 4 heteroatoms. The van der Waals surface area contributed by atoms with Crippen LogP contribution in [0.2, 0.25) is 0 Å². The molecule has 1 aliphatic heterocycles. The third-order valence-electron chi connectivity index (χ3n) is 13.3. The van der Waals surface area contributed by atoms with Gasteiger partial charge < -0.3 is 14.7 Å². The van der Waals surface area contributed by atoms with Crippen LogP contribution in [0.3, 0.4) is 0 Å². The summed E-state index contributed by atoms with van der Waals surface area (Å²) in [6.07, 6.45) is 16.1. The normalized spacial score (nSPS) is 51.3. The van der Waals surface area contributed by atoms with E-state index >= 15 is 0 Å². The molecule has 1 heterocycles. The van der Waals surface area contributed by atoms with Crippen LogP contribution in [0.15, 0.2) is 0 Å². The summed E-state index contributed by atoms with van der Waals surface area (Å²) in [4.78, 5) is 14.4. The van der Waals surface area contributed by atoms with E-state index in [0.29, 0.717) is 40.6 Å². The first-order chi connectivity index (χ1) is 16.6. The van der Waals surface area contributed by atoms with Crippen LogP contribution in [0.1, 0.15) is 113 Å². The molecule has 5 saturated carbocycles. The molecule has 0 bridgehead atoms. The largest absolute Gasteiger partial charge is 0.393 e. The Kier molecular flexibility index (Phi) is 5.78. The highest BCUT2D eigenvalue weighted by atomic mass is 16.5. The molecule has 6 fully saturated rings. The fourth-order valence-electron chi connectivity index (χ4n) is 11.4. The van der Waals surface area contributed by atoms with Crippen molar-refractivity contribution in [3.8, 4) is 0 Å². The molecule has 6 rings (SSSR count). The van der Waals surface area contributed by atoms with Crippen molar-refractivity contribution in [1.29, 1.82) is 0 Å². The summed E-state index contributed by atoms with van der Waals surface area (Å²) in [5.41, 5.74) is 1.61. The van der Waals surface area contributed by atoms with Crippen molar-refractivity contribution in [1.82, 2.24) is 4.90 Å². The van der Waals surface area contributed by atoms with Gasteiger partial charge >= 0.3 is 0 Å². The third-order valence-corrected chi connectivity index (χ3v) is 13.3. The summed E-state index contributed by atoms with van der Waals surface area (Å²) in [7, 11) is 1.97. The van der Waals surface area contributed by atoms with E-state index in [0.717, 1.165) is 44.1 Å². The van der Waals surface area contributed by atoms with Gasteiger partial charge in [-0.25, -0.2) is 0 Å². The molecule has 200 valence electrons. The molecule has 10 atom stereocenters. The molecular weight excluding hydrogens is 434 g/mol. The quantitative estimate of drug-likeness (QED) is 0.485. The summed E-state index contributed by atoms with van der Waals surface area (Å²) in [6.45, 7) is 10.3. The standard InChI is InChI=1S/C31H51NO3.H2/c1-6-7-8-27(34)32(5)18-20-9-10-22-24(35-20)17-23-21-11-12-25-28(2,3)26(33)13-14-31(25)19-30(21,31)16-15-29(22,23)4;/h20-26,33H,6-19H2,1-5H3;1H/t20?,21?,22?,23?,24?,25?,26-,29?,30?,31+;/m0./s1. The zero-order valence-electron chi connectivity index (χ0n) is 23.2. The van der Waals surface area contributed by atoms with E-state index < -0.39 is 0 Å². The predicted molar refractivity (Wildman–Crippen MR) is 141 cm³/mol. The lowest BCUT2D eigenvalue weighted by Gasteiger charge is -2.59. The van der Waals surface area contributed by atoms with Crippen LogP contribution >= 0.6 is 0 Å². The molecule has 1 N–H and O–H groups in total. The van der Waals surface area contributed by atoms with E-state index in [1.165, 1.54) is 51.4 Å². The number of carbonyl (C=O) groups is 1. The van der Waals surface area contributed by atoms with E-state index in [4.69, 9.17) is 4.74 Å². The Morgan fingerprint density at radius 2 is 1.77 bits per heavy atom. The molecule has 0 radical (unpaired) electrons. The molecular formula is C31H53NO3. The molecule has 0 aromatic carbocycles. The van der Waals surface area contributed by atoms with Gasteiger partial charge in [-0.1, -0.05) is 34.1 Å². The Labute approximate surface area is 215 Å². The van der Waals surface area contributed by atoms with Gasteiger partial charge in [0.25, 0.3) is 0 Å². The number of ether oxygens (including phenoxy) is 1. The topological polar surface area (TPSA) is 49.8 Å². The summed E-state index contributed by atoms with van der Waals surface area (Å²) >= 11 is 0. The van der Waals surface area contributed by atoms with Gasteiger partial charge in [-0.05, 0) is 116 Å². The zero-order chi connectivity index (χ0) is 24.8. The van der Waals surface area contributed by atoms with Gasteiger partial charge in [0.15, 0.2) is 0 Å². The first-order valence-electron chi connectivity index (χ1n) is 15.2. The lowest BCUT2D eigenvalue weighted by atomic mass is 9.46. The Morgan fingerprint density at radius 1 is 1.00 bits per heavy atom. The average Bonchev–Trinajstić information content (AvgIpc) is 3.40. The highest BCUT2D eigenvalue weighted by molar-refractivity contribution is 5.75. The number of amides is 1. The van der Waals surface area contributed by atoms with Crippen molar-refractivity contribution in [2.75, 3.05) is 13.6 Å². The van der Waals surface area contributed by atoms with Crippen LogP contribution in [-0.4, -0.2) is 47.8 Å². The van der Waals surface area contributed by atoms with Gasteiger partial charge in [-0.2, -0.15) is 0 Å². The van der Waals surface area contributed by atoms with Crippen LogP contribution in [-0.2, 0) is 9.53 Å².